The Kier molecular flexibility index (Phi) is 6.11. The SMILES string of the molecule is COCCNC(=O)C1=C(OC)/C(=C2/NC3=C(COCC3)S2)CC(Cl)=C1. The van der Waals surface area contributed by atoms with Gasteiger partial charge in [-0.3, -0.25) is 4.79 Å². The molecule has 6 nitrogen and oxygen atoms in total. The second-order valence-corrected chi connectivity index (χ2v) is 7.29. The molecule has 0 fully saturated rings. The van der Waals surface area contributed by atoms with Crippen LogP contribution in [0.15, 0.2) is 43.6 Å². The van der Waals surface area contributed by atoms with Crippen molar-refractivity contribution in [1.29, 1.82) is 0 Å². The molecule has 0 unspecified atom stereocenters. The second kappa shape index (κ2) is 8.31. The highest BCUT2D eigenvalue weighted by Crippen LogP contribution is 2.43. The molecule has 0 aromatic carbocycles. The summed E-state index contributed by atoms with van der Waals surface area (Å²) in [4.78, 5) is 13.7. The number of ether oxygens (including phenoxy) is 3. The summed E-state index contributed by atoms with van der Waals surface area (Å²) >= 11 is 7.95. The van der Waals surface area contributed by atoms with Crippen LogP contribution in [-0.4, -0.2) is 46.5 Å². The molecule has 1 amide bonds. The third-order valence-corrected chi connectivity index (χ3v) is 5.44. The van der Waals surface area contributed by atoms with E-state index in [1.165, 1.54) is 10.6 Å². The molecule has 3 aliphatic rings. The first-order valence-corrected chi connectivity index (χ1v) is 9.23. The lowest BCUT2D eigenvalue weighted by atomic mass is 9.99. The average Bonchev–Trinajstić information content (AvgIpc) is 3.05. The van der Waals surface area contributed by atoms with Crippen LogP contribution in [0.2, 0.25) is 0 Å². The fraction of sp³-hybridized carbons (Fsp3) is 0.471. The van der Waals surface area contributed by atoms with Crippen LogP contribution in [0.5, 0.6) is 0 Å². The fourth-order valence-electron chi connectivity index (χ4n) is 2.84. The van der Waals surface area contributed by atoms with Gasteiger partial charge in [0.1, 0.15) is 5.76 Å². The molecule has 0 saturated carbocycles. The van der Waals surface area contributed by atoms with Crippen molar-refractivity contribution in [3.8, 4) is 0 Å². The molecule has 0 radical (unpaired) electrons. The Hall–Kier alpha value is -1.41. The molecule has 3 rings (SSSR count). The number of hydrogen-bond acceptors (Lipinski definition) is 6. The lowest BCUT2D eigenvalue weighted by molar-refractivity contribution is -0.117. The van der Waals surface area contributed by atoms with Crippen molar-refractivity contribution in [2.45, 2.75) is 12.8 Å². The van der Waals surface area contributed by atoms with Gasteiger partial charge in [-0.05, 0) is 6.08 Å². The molecule has 25 heavy (non-hydrogen) atoms. The number of methoxy groups -OCH3 is 2. The van der Waals surface area contributed by atoms with E-state index >= 15 is 0 Å². The van der Waals surface area contributed by atoms with E-state index in [9.17, 15) is 4.79 Å². The molecule has 0 aromatic rings. The van der Waals surface area contributed by atoms with Gasteiger partial charge in [0.2, 0.25) is 0 Å². The third-order valence-electron chi connectivity index (χ3n) is 4.04. The van der Waals surface area contributed by atoms with Crippen molar-refractivity contribution in [1.82, 2.24) is 10.6 Å². The molecule has 0 saturated heterocycles. The zero-order chi connectivity index (χ0) is 17.8. The number of thioether (sulfide) groups is 1. The molecule has 2 heterocycles. The maximum atomic E-state index is 12.5. The summed E-state index contributed by atoms with van der Waals surface area (Å²) in [6, 6.07) is 0. The first-order valence-electron chi connectivity index (χ1n) is 8.03. The van der Waals surface area contributed by atoms with E-state index < -0.39 is 0 Å². The van der Waals surface area contributed by atoms with Gasteiger partial charge < -0.3 is 24.8 Å². The minimum atomic E-state index is -0.228. The highest BCUT2D eigenvalue weighted by molar-refractivity contribution is 8.07. The van der Waals surface area contributed by atoms with Gasteiger partial charge in [-0.15, -0.1) is 0 Å². The van der Waals surface area contributed by atoms with Gasteiger partial charge in [0, 0.05) is 47.7 Å². The van der Waals surface area contributed by atoms with Crippen LogP contribution in [0.4, 0.5) is 0 Å². The van der Waals surface area contributed by atoms with Crippen molar-refractivity contribution < 1.29 is 19.0 Å². The van der Waals surface area contributed by atoms with E-state index in [-0.39, 0.29) is 5.91 Å². The van der Waals surface area contributed by atoms with E-state index in [1.807, 2.05) is 0 Å². The first-order chi connectivity index (χ1) is 12.1. The van der Waals surface area contributed by atoms with Gasteiger partial charge >= 0.3 is 0 Å². The Balaban J connectivity index is 1.88. The monoisotopic (exact) mass is 384 g/mol. The lowest BCUT2D eigenvalue weighted by Crippen LogP contribution is -2.30. The number of carbonyl (C=O) groups is 1. The van der Waals surface area contributed by atoms with Crippen LogP contribution in [0.1, 0.15) is 12.8 Å². The van der Waals surface area contributed by atoms with Crippen LogP contribution in [0.3, 0.4) is 0 Å². The molecule has 8 heteroatoms. The highest BCUT2D eigenvalue weighted by Gasteiger charge is 2.30. The molecule has 0 atom stereocenters. The largest absolute Gasteiger partial charge is 0.496 e. The van der Waals surface area contributed by atoms with Crippen molar-refractivity contribution in [2.75, 3.05) is 40.6 Å². The van der Waals surface area contributed by atoms with Crippen LogP contribution in [-0.2, 0) is 19.0 Å². The summed E-state index contributed by atoms with van der Waals surface area (Å²) in [5, 5.41) is 7.82. The predicted molar refractivity (Wildman–Crippen MR) is 97.7 cm³/mol. The predicted octanol–water partition coefficient (Wildman–Crippen LogP) is 2.36. The van der Waals surface area contributed by atoms with Crippen molar-refractivity contribution in [3.05, 3.63) is 43.6 Å². The molecule has 0 bridgehead atoms. The zero-order valence-corrected chi connectivity index (χ0v) is 15.8. The number of carbonyl (C=O) groups excluding carboxylic acids is 1. The summed E-state index contributed by atoms with van der Waals surface area (Å²) in [6.07, 6.45) is 3.05. The summed E-state index contributed by atoms with van der Waals surface area (Å²) in [5.41, 5.74) is 2.51. The van der Waals surface area contributed by atoms with Gasteiger partial charge in [0.25, 0.3) is 5.91 Å². The van der Waals surface area contributed by atoms with Gasteiger partial charge in [-0.1, -0.05) is 23.4 Å². The smallest absolute Gasteiger partial charge is 0.255 e. The minimum Gasteiger partial charge on any atom is -0.496 e. The first kappa shape index (κ1) is 18.4. The van der Waals surface area contributed by atoms with Gasteiger partial charge in [-0.2, -0.15) is 0 Å². The summed E-state index contributed by atoms with van der Waals surface area (Å²) in [5.74, 6) is 0.323. The normalized spacial score (nSPS) is 23.2. The van der Waals surface area contributed by atoms with E-state index in [4.69, 9.17) is 25.8 Å². The number of hydrogen-bond donors (Lipinski definition) is 2. The Labute approximate surface area is 156 Å². The van der Waals surface area contributed by atoms with Gasteiger partial charge in [0.15, 0.2) is 0 Å². The number of halogens is 1. The van der Waals surface area contributed by atoms with Gasteiger partial charge in [0.05, 0.1) is 37.5 Å². The topological polar surface area (TPSA) is 68.8 Å². The van der Waals surface area contributed by atoms with Crippen LogP contribution in [0.25, 0.3) is 0 Å². The Morgan fingerprint density at radius 1 is 1.48 bits per heavy atom. The molecule has 0 spiro atoms. The van der Waals surface area contributed by atoms with Crippen molar-refractivity contribution >= 4 is 29.3 Å². The van der Waals surface area contributed by atoms with E-state index in [1.54, 1.807) is 32.1 Å². The molecule has 136 valence electrons. The second-order valence-electron chi connectivity index (χ2n) is 5.70. The summed E-state index contributed by atoms with van der Waals surface area (Å²) in [6.45, 7) is 2.20. The molecular weight excluding hydrogens is 364 g/mol. The molecule has 1 aliphatic carbocycles. The maximum absolute atomic E-state index is 12.5. The van der Waals surface area contributed by atoms with Gasteiger partial charge in [-0.25, -0.2) is 0 Å². The molecule has 0 aromatic heterocycles. The molecule has 2 aliphatic heterocycles. The molecule has 2 N–H and O–H groups in total. The molecular formula is C17H21ClN2O4S. The minimum absolute atomic E-state index is 0.228. The standard InChI is InChI=1S/C17H21ClN2O4S/c1-22-6-4-19-16(21)11-7-10(18)8-12(15(11)23-2)17-20-13-3-5-24-9-14(13)25-17/h7,20H,3-6,8-9H2,1-2H3,(H,19,21)/b17-12-. The number of allylic oxidation sites excluding steroid dienone is 2. The summed E-state index contributed by atoms with van der Waals surface area (Å²) in [7, 11) is 3.16. The Morgan fingerprint density at radius 2 is 2.32 bits per heavy atom. The van der Waals surface area contributed by atoms with Crippen LogP contribution in [0, 0.1) is 0 Å². The maximum Gasteiger partial charge on any atom is 0.255 e. The Bertz CT molecular complexity index is 677. The highest BCUT2D eigenvalue weighted by atomic mass is 35.5. The lowest BCUT2D eigenvalue weighted by Gasteiger charge is -2.21. The quantitative estimate of drug-likeness (QED) is 0.709. The van der Waals surface area contributed by atoms with E-state index in [0.717, 1.165) is 23.6 Å². The van der Waals surface area contributed by atoms with Crippen LogP contribution >= 0.6 is 23.4 Å². The van der Waals surface area contributed by atoms with Crippen molar-refractivity contribution in [3.63, 3.8) is 0 Å². The number of nitrogens with one attached hydrogen (secondary N) is 2. The zero-order valence-electron chi connectivity index (χ0n) is 14.2. The summed E-state index contributed by atoms with van der Waals surface area (Å²) < 4.78 is 16.1. The number of amides is 1. The average molecular weight is 385 g/mol. The van der Waals surface area contributed by atoms with E-state index in [2.05, 4.69) is 10.6 Å². The Morgan fingerprint density at radius 3 is 3.04 bits per heavy atom. The third kappa shape index (κ3) is 4.06. The number of rotatable bonds is 5. The van der Waals surface area contributed by atoms with E-state index in [0.29, 0.717) is 42.5 Å². The fourth-order valence-corrected chi connectivity index (χ4v) is 4.21. The van der Waals surface area contributed by atoms with Crippen molar-refractivity contribution in [2.24, 2.45) is 0 Å². The van der Waals surface area contributed by atoms with Crippen LogP contribution < -0.4 is 10.6 Å².